The summed E-state index contributed by atoms with van der Waals surface area (Å²) in [5, 5.41) is 18.0. The van der Waals surface area contributed by atoms with E-state index in [0.717, 1.165) is 5.57 Å². The molecule has 0 amide bonds. The normalized spacial score (nSPS) is 13.7. The Balaban J connectivity index is 3.74. The highest BCUT2D eigenvalue weighted by Gasteiger charge is 2.04. The highest BCUT2D eigenvalue weighted by atomic mass is 16.5. The number of ether oxygens (including phenoxy) is 1. The molecule has 0 aromatic heterocycles. The Morgan fingerprint density at radius 1 is 1.53 bits per heavy atom. The SMILES string of the molecule is C=C(C)COCC(O)C/C=C(\C)C(=O)O. The molecule has 0 aromatic rings. The van der Waals surface area contributed by atoms with E-state index in [4.69, 9.17) is 9.84 Å². The minimum Gasteiger partial charge on any atom is -0.478 e. The molecule has 1 atom stereocenters. The van der Waals surface area contributed by atoms with Gasteiger partial charge in [-0.25, -0.2) is 4.79 Å². The van der Waals surface area contributed by atoms with E-state index in [-0.39, 0.29) is 18.6 Å². The van der Waals surface area contributed by atoms with Crippen molar-refractivity contribution in [1.29, 1.82) is 0 Å². The molecule has 0 radical (unpaired) electrons. The molecule has 0 spiro atoms. The number of aliphatic carboxylic acids is 1. The molecule has 0 aliphatic heterocycles. The highest BCUT2D eigenvalue weighted by Crippen LogP contribution is 2.01. The molecular weight excluding hydrogens is 196 g/mol. The third-order valence-electron chi connectivity index (χ3n) is 1.69. The van der Waals surface area contributed by atoms with E-state index in [0.29, 0.717) is 6.61 Å². The third-order valence-corrected chi connectivity index (χ3v) is 1.69. The standard InChI is InChI=1S/C11H18O4/c1-8(2)6-15-7-10(12)5-4-9(3)11(13)14/h4,10,12H,1,5-7H2,2-3H3,(H,13,14)/b9-4+. The zero-order valence-corrected chi connectivity index (χ0v) is 9.19. The largest absolute Gasteiger partial charge is 0.478 e. The maximum Gasteiger partial charge on any atom is 0.330 e. The lowest BCUT2D eigenvalue weighted by molar-refractivity contribution is -0.132. The molecule has 0 aromatic carbocycles. The van der Waals surface area contributed by atoms with Gasteiger partial charge in [0.1, 0.15) is 0 Å². The number of carboxylic acid groups (broad SMARTS) is 1. The number of hydrogen-bond acceptors (Lipinski definition) is 3. The van der Waals surface area contributed by atoms with E-state index in [1.54, 1.807) is 0 Å². The molecule has 0 fully saturated rings. The summed E-state index contributed by atoms with van der Waals surface area (Å²) in [7, 11) is 0. The van der Waals surface area contributed by atoms with Gasteiger partial charge in [-0.1, -0.05) is 18.2 Å². The van der Waals surface area contributed by atoms with Crippen molar-refractivity contribution in [3.8, 4) is 0 Å². The second-order valence-electron chi connectivity index (χ2n) is 3.55. The zero-order valence-electron chi connectivity index (χ0n) is 9.19. The van der Waals surface area contributed by atoms with Crippen molar-refractivity contribution in [2.24, 2.45) is 0 Å². The van der Waals surface area contributed by atoms with Gasteiger partial charge in [0.25, 0.3) is 0 Å². The van der Waals surface area contributed by atoms with Crippen LogP contribution in [-0.4, -0.2) is 35.5 Å². The molecular formula is C11H18O4. The summed E-state index contributed by atoms with van der Waals surface area (Å²) >= 11 is 0. The van der Waals surface area contributed by atoms with Gasteiger partial charge in [0.05, 0.1) is 19.3 Å². The Morgan fingerprint density at radius 3 is 2.60 bits per heavy atom. The topological polar surface area (TPSA) is 66.8 Å². The van der Waals surface area contributed by atoms with Gasteiger partial charge in [0.15, 0.2) is 0 Å². The van der Waals surface area contributed by atoms with Crippen LogP contribution in [0.5, 0.6) is 0 Å². The summed E-state index contributed by atoms with van der Waals surface area (Å²) in [5.41, 5.74) is 1.12. The Bertz CT molecular complexity index is 255. The predicted octanol–water partition coefficient (Wildman–Crippen LogP) is 1.36. The summed E-state index contributed by atoms with van der Waals surface area (Å²) in [6.07, 6.45) is 1.10. The fourth-order valence-corrected chi connectivity index (χ4v) is 0.837. The minimum absolute atomic E-state index is 0.191. The van der Waals surface area contributed by atoms with Crippen LogP contribution in [0.3, 0.4) is 0 Å². The maximum atomic E-state index is 10.4. The van der Waals surface area contributed by atoms with Gasteiger partial charge in [0, 0.05) is 5.57 Å². The molecule has 0 rings (SSSR count). The summed E-state index contributed by atoms with van der Waals surface area (Å²) in [6.45, 7) is 7.58. The Labute approximate surface area is 89.9 Å². The van der Waals surface area contributed by atoms with Gasteiger partial charge in [-0.15, -0.1) is 0 Å². The van der Waals surface area contributed by atoms with E-state index >= 15 is 0 Å². The van der Waals surface area contributed by atoms with Gasteiger partial charge < -0.3 is 14.9 Å². The minimum atomic E-state index is -0.968. The quantitative estimate of drug-likeness (QED) is 0.496. The zero-order chi connectivity index (χ0) is 11.8. The summed E-state index contributed by atoms with van der Waals surface area (Å²) in [5.74, 6) is -0.968. The molecule has 2 N–H and O–H groups in total. The molecule has 0 saturated heterocycles. The van der Waals surface area contributed by atoms with Crippen molar-refractivity contribution in [3.63, 3.8) is 0 Å². The third kappa shape index (κ3) is 7.90. The number of aliphatic hydroxyl groups is 1. The number of carbonyl (C=O) groups is 1. The van der Waals surface area contributed by atoms with Crippen molar-refractivity contribution in [3.05, 3.63) is 23.8 Å². The molecule has 86 valence electrons. The van der Waals surface area contributed by atoms with Crippen LogP contribution >= 0.6 is 0 Å². The van der Waals surface area contributed by atoms with Crippen LogP contribution in [0.1, 0.15) is 20.3 Å². The van der Waals surface area contributed by atoms with E-state index in [1.807, 2.05) is 6.92 Å². The van der Waals surface area contributed by atoms with Crippen molar-refractivity contribution in [1.82, 2.24) is 0 Å². The van der Waals surface area contributed by atoms with Crippen molar-refractivity contribution in [2.75, 3.05) is 13.2 Å². The number of aliphatic hydroxyl groups excluding tert-OH is 1. The van der Waals surface area contributed by atoms with Crippen LogP contribution in [0.25, 0.3) is 0 Å². The fraction of sp³-hybridized carbons (Fsp3) is 0.545. The average molecular weight is 214 g/mol. The van der Waals surface area contributed by atoms with Gasteiger partial charge in [-0.3, -0.25) is 0 Å². The molecule has 4 nitrogen and oxygen atoms in total. The van der Waals surface area contributed by atoms with Crippen molar-refractivity contribution < 1.29 is 19.7 Å². The van der Waals surface area contributed by atoms with Gasteiger partial charge >= 0.3 is 5.97 Å². The molecule has 0 heterocycles. The first kappa shape index (κ1) is 13.9. The Hall–Kier alpha value is -1.13. The van der Waals surface area contributed by atoms with Crippen LogP contribution in [0.4, 0.5) is 0 Å². The fourth-order valence-electron chi connectivity index (χ4n) is 0.837. The lowest BCUT2D eigenvalue weighted by Gasteiger charge is -2.09. The summed E-state index contributed by atoms with van der Waals surface area (Å²) in [4.78, 5) is 10.4. The van der Waals surface area contributed by atoms with Gasteiger partial charge in [-0.2, -0.15) is 0 Å². The van der Waals surface area contributed by atoms with Gasteiger partial charge in [-0.05, 0) is 20.3 Å². The first-order chi connectivity index (χ1) is 6.93. The van der Waals surface area contributed by atoms with E-state index in [2.05, 4.69) is 6.58 Å². The molecule has 1 unspecified atom stereocenters. The molecule has 15 heavy (non-hydrogen) atoms. The van der Waals surface area contributed by atoms with Crippen LogP contribution in [0.2, 0.25) is 0 Å². The second kappa shape index (κ2) is 7.20. The van der Waals surface area contributed by atoms with E-state index in [9.17, 15) is 9.90 Å². The monoisotopic (exact) mass is 214 g/mol. The van der Waals surface area contributed by atoms with Gasteiger partial charge in [0.2, 0.25) is 0 Å². The van der Waals surface area contributed by atoms with Crippen molar-refractivity contribution >= 4 is 5.97 Å². The molecule has 4 heteroatoms. The lowest BCUT2D eigenvalue weighted by Crippen LogP contribution is -2.15. The van der Waals surface area contributed by atoms with Crippen LogP contribution in [0, 0.1) is 0 Å². The molecule has 0 bridgehead atoms. The number of rotatable bonds is 7. The second-order valence-corrected chi connectivity index (χ2v) is 3.55. The highest BCUT2D eigenvalue weighted by molar-refractivity contribution is 5.85. The first-order valence-electron chi connectivity index (χ1n) is 4.73. The van der Waals surface area contributed by atoms with Crippen LogP contribution in [-0.2, 0) is 9.53 Å². The molecule has 0 aliphatic rings. The molecule has 0 saturated carbocycles. The maximum absolute atomic E-state index is 10.4. The lowest BCUT2D eigenvalue weighted by atomic mass is 10.2. The van der Waals surface area contributed by atoms with Crippen LogP contribution in [0.15, 0.2) is 23.8 Å². The van der Waals surface area contributed by atoms with Crippen molar-refractivity contribution in [2.45, 2.75) is 26.4 Å². The molecule has 0 aliphatic carbocycles. The number of carboxylic acids is 1. The first-order valence-corrected chi connectivity index (χ1v) is 4.73. The smallest absolute Gasteiger partial charge is 0.330 e. The van der Waals surface area contributed by atoms with Crippen LogP contribution < -0.4 is 0 Å². The Morgan fingerprint density at radius 2 is 2.13 bits per heavy atom. The summed E-state index contributed by atoms with van der Waals surface area (Å²) < 4.78 is 5.12. The van der Waals surface area contributed by atoms with E-state index < -0.39 is 12.1 Å². The average Bonchev–Trinajstić information content (AvgIpc) is 2.13. The predicted molar refractivity (Wildman–Crippen MR) is 57.6 cm³/mol. The number of hydrogen-bond donors (Lipinski definition) is 2. The Kier molecular flexibility index (Phi) is 6.66. The summed E-state index contributed by atoms with van der Waals surface area (Å²) in [6, 6.07) is 0. The van der Waals surface area contributed by atoms with E-state index in [1.165, 1.54) is 13.0 Å².